The van der Waals surface area contributed by atoms with Crippen molar-refractivity contribution in [3.05, 3.63) is 68.7 Å². The van der Waals surface area contributed by atoms with Gasteiger partial charge in [-0.3, -0.25) is 4.79 Å². The van der Waals surface area contributed by atoms with Crippen molar-refractivity contribution in [3.8, 4) is 0 Å². The lowest BCUT2D eigenvalue weighted by Gasteiger charge is -2.07. The third-order valence-corrected chi connectivity index (χ3v) is 3.93. The maximum absolute atomic E-state index is 13.6. The predicted molar refractivity (Wildman–Crippen MR) is 77.9 cm³/mol. The zero-order valence-corrected chi connectivity index (χ0v) is 12.6. The van der Waals surface area contributed by atoms with Gasteiger partial charge in [-0.15, -0.1) is 0 Å². The monoisotopic (exact) mass is 358 g/mol. The van der Waals surface area contributed by atoms with Crippen LogP contribution in [0.3, 0.4) is 0 Å². The molecule has 0 radical (unpaired) electrons. The van der Waals surface area contributed by atoms with E-state index in [2.05, 4.69) is 15.9 Å². The van der Waals surface area contributed by atoms with Crippen LogP contribution in [0.1, 0.15) is 11.1 Å². The van der Waals surface area contributed by atoms with Crippen molar-refractivity contribution >= 4 is 33.3 Å². The Morgan fingerprint density at radius 1 is 1.15 bits per heavy atom. The molecule has 0 bridgehead atoms. The van der Waals surface area contributed by atoms with Crippen molar-refractivity contribution in [2.24, 2.45) is 0 Å². The smallest absolute Gasteiger partial charge is 0.141 e. The van der Waals surface area contributed by atoms with Gasteiger partial charge in [-0.05, 0) is 29.8 Å². The van der Waals surface area contributed by atoms with Gasteiger partial charge in [-0.25, -0.2) is 8.78 Å². The van der Waals surface area contributed by atoms with Crippen LogP contribution >= 0.6 is 27.5 Å². The SMILES string of the molecule is O=C(Cc1ccc(F)cc1Br)Cc1c(F)cccc1Cl. The molecule has 0 fully saturated rings. The van der Waals surface area contributed by atoms with E-state index < -0.39 is 5.82 Å². The topological polar surface area (TPSA) is 17.1 Å². The van der Waals surface area contributed by atoms with Gasteiger partial charge in [0.2, 0.25) is 0 Å². The molecule has 2 aromatic carbocycles. The van der Waals surface area contributed by atoms with Crippen LogP contribution < -0.4 is 0 Å². The molecular formula is C15H10BrClF2O. The number of hydrogen-bond acceptors (Lipinski definition) is 1. The van der Waals surface area contributed by atoms with Gasteiger partial charge in [0.05, 0.1) is 0 Å². The molecule has 0 aliphatic heterocycles. The molecule has 0 unspecified atom stereocenters. The largest absolute Gasteiger partial charge is 0.299 e. The van der Waals surface area contributed by atoms with Crippen LogP contribution in [0.4, 0.5) is 8.78 Å². The number of hydrogen-bond donors (Lipinski definition) is 0. The summed E-state index contributed by atoms with van der Waals surface area (Å²) in [6, 6.07) is 8.40. The third kappa shape index (κ3) is 3.64. The second-order valence-electron chi connectivity index (χ2n) is 4.33. The zero-order chi connectivity index (χ0) is 14.7. The fraction of sp³-hybridized carbons (Fsp3) is 0.133. The highest BCUT2D eigenvalue weighted by Gasteiger charge is 2.13. The molecule has 20 heavy (non-hydrogen) atoms. The van der Waals surface area contributed by atoms with Gasteiger partial charge in [0.25, 0.3) is 0 Å². The summed E-state index contributed by atoms with van der Waals surface area (Å²) in [7, 11) is 0. The molecule has 0 saturated carbocycles. The molecular weight excluding hydrogens is 350 g/mol. The van der Waals surface area contributed by atoms with Crippen LogP contribution in [0.25, 0.3) is 0 Å². The molecule has 0 aromatic heterocycles. The summed E-state index contributed by atoms with van der Waals surface area (Å²) in [5.41, 5.74) is 0.848. The number of Topliss-reactive ketones (excluding diaryl/α,β-unsaturated/α-hetero) is 1. The Balaban J connectivity index is 2.13. The highest BCUT2D eigenvalue weighted by Crippen LogP contribution is 2.22. The summed E-state index contributed by atoms with van der Waals surface area (Å²) in [5.74, 6) is -1.07. The second-order valence-corrected chi connectivity index (χ2v) is 5.59. The van der Waals surface area contributed by atoms with Crippen LogP contribution in [-0.2, 0) is 17.6 Å². The molecule has 0 heterocycles. The van der Waals surface area contributed by atoms with E-state index in [0.717, 1.165) is 0 Å². The number of rotatable bonds is 4. The first-order chi connectivity index (χ1) is 9.47. The van der Waals surface area contributed by atoms with E-state index in [9.17, 15) is 13.6 Å². The average Bonchev–Trinajstić information content (AvgIpc) is 2.37. The summed E-state index contributed by atoms with van der Waals surface area (Å²) < 4.78 is 27.1. The Labute approximate surface area is 128 Å². The zero-order valence-electron chi connectivity index (χ0n) is 10.3. The minimum absolute atomic E-state index is 0.0880. The summed E-state index contributed by atoms with van der Waals surface area (Å²) in [6.45, 7) is 0. The van der Waals surface area contributed by atoms with Crippen LogP contribution in [0.5, 0.6) is 0 Å². The molecule has 2 rings (SSSR count). The number of carbonyl (C=O) groups is 1. The first-order valence-corrected chi connectivity index (χ1v) is 7.03. The summed E-state index contributed by atoms with van der Waals surface area (Å²) in [6.07, 6.45) is 0.000843. The number of benzene rings is 2. The standard InChI is InChI=1S/C15H10BrClF2O/c16-13-7-10(18)5-4-9(13)6-11(20)8-12-14(17)2-1-3-15(12)19/h1-5,7H,6,8H2. The van der Waals surface area contributed by atoms with Crippen molar-refractivity contribution in [2.45, 2.75) is 12.8 Å². The summed E-state index contributed by atoms with van der Waals surface area (Å²) in [4.78, 5) is 12.0. The van der Waals surface area contributed by atoms with E-state index in [0.29, 0.717) is 10.0 Å². The van der Waals surface area contributed by atoms with Crippen molar-refractivity contribution in [3.63, 3.8) is 0 Å². The molecule has 0 amide bonds. The molecule has 104 valence electrons. The fourth-order valence-electron chi connectivity index (χ4n) is 1.84. The van der Waals surface area contributed by atoms with Crippen molar-refractivity contribution in [1.29, 1.82) is 0 Å². The molecule has 0 aliphatic rings. The molecule has 0 spiro atoms. The van der Waals surface area contributed by atoms with E-state index in [1.54, 1.807) is 6.07 Å². The molecule has 0 atom stereocenters. The minimum Gasteiger partial charge on any atom is -0.299 e. The molecule has 0 saturated heterocycles. The van der Waals surface area contributed by atoms with E-state index in [1.807, 2.05) is 0 Å². The van der Waals surface area contributed by atoms with E-state index >= 15 is 0 Å². The van der Waals surface area contributed by atoms with Gasteiger partial charge in [-0.2, -0.15) is 0 Å². The third-order valence-electron chi connectivity index (χ3n) is 2.84. The van der Waals surface area contributed by atoms with Gasteiger partial charge >= 0.3 is 0 Å². The Morgan fingerprint density at radius 3 is 2.55 bits per heavy atom. The highest BCUT2D eigenvalue weighted by molar-refractivity contribution is 9.10. The van der Waals surface area contributed by atoms with Gasteiger partial charge in [0.15, 0.2) is 0 Å². The van der Waals surface area contributed by atoms with E-state index in [4.69, 9.17) is 11.6 Å². The highest BCUT2D eigenvalue weighted by atomic mass is 79.9. The van der Waals surface area contributed by atoms with Crippen molar-refractivity contribution in [1.82, 2.24) is 0 Å². The summed E-state index contributed by atoms with van der Waals surface area (Å²) in [5, 5.41) is 0.233. The molecule has 0 aliphatic carbocycles. The van der Waals surface area contributed by atoms with Crippen LogP contribution in [0.2, 0.25) is 5.02 Å². The van der Waals surface area contributed by atoms with Gasteiger partial charge in [-0.1, -0.05) is 39.7 Å². The van der Waals surface area contributed by atoms with Crippen LogP contribution in [0.15, 0.2) is 40.9 Å². The van der Waals surface area contributed by atoms with Gasteiger partial charge < -0.3 is 0 Å². The first kappa shape index (κ1) is 15.1. The Hall–Kier alpha value is -1.26. The Kier molecular flexibility index (Phi) is 4.89. The predicted octanol–water partition coefficient (Wildman–Crippen LogP) is 4.74. The van der Waals surface area contributed by atoms with E-state index in [1.165, 1.54) is 30.3 Å². The average molecular weight is 360 g/mol. The normalized spacial score (nSPS) is 10.6. The Bertz CT molecular complexity index is 638. The maximum Gasteiger partial charge on any atom is 0.141 e. The fourth-order valence-corrected chi connectivity index (χ4v) is 2.56. The number of ketones is 1. The lowest BCUT2D eigenvalue weighted by atomic mass is 10.0. The van der Waals surface area contributed by atoms with Crippen LogP contribution in [-0.4, -0.2) is 5.78 Å². The molecule has 0 N–H and O–H groups in total. The Morgan fingerprint density at radius 2 is 1.90 bits per heavy atom. The molecule has 1 nitrogen and oxygen atoms in total. The van der Waals surface area contributed by atoms with Crippen molar-refractivity contribution < 1.29 is 13.6 Å². The number of carbonyl (C=O) groups excluding carboxylic acids is 1. The van der Waals surface area contributed by atoms with E-state index in [-0.39, 0.29) is 35.0 Å². The van der Waals surface area contributed by atoms with Gasteiger partial charge in [0.1, 0.15) is 17.4 Å². The quantitative estimate of drug-likeness (QED) is 0.771. The van der Waals surface area contributed by atoms with Crippen LogP contribution in [0, 0.1) is 11.6 Å². The van der Waals surface area contributed by atoms with Gasteiger partial charge in [0, 0.05) is 27.9 Å². The lowest BCUT2D eigenvalue weighted by molar-refractivity contribution is -0.117. The second kappa shape index (κ2) is 6.46. The number of halogens is 4. The maximum atomic E-state index is 13.6. The van der Waals surface area contributed by atoms with Crippen molar-refractivity contribution in [2.75, 3.05) is 0 Å². The summed E-state index contributed by atoms with van der Waals surface area (Å²) >= 11 is 9.08. The lowest BCUT2D eigenvalue weighted by Crippen LogP contribution is -2.09. The minimum atomic E-state index is -0.496. The first-order valence-electron chi connectivity index (χ1n) is 5.86. The molecule has 2 aromatic rings. The molecule has 5 heteroatoms.